The van der Waals surface area contributed by atoms with Crippen LogP contribution in [0.5, 0.6) is 0 Å². The molecule has 43 valence electrons. The van der Waals surface area contributed by atoms with E-state index in [1.54, 1.807) is 0 Å². The van der Waals surface area contributed by atoms with Crippen LogP contribution in [0, 0.1) is 0 Å². The molecule has 4 nitrogen and oxygen atoms in total. The minimum absolute atomic E-state index is 0. The predicted molar refractivity (Wildman–Crippen MR) is 5.81 cm³/mol. The normalized spacial score (nSPS) is 9.67. The van der Waals surface area contributed by atoms with Crippen molar-refractivity contribution >= 4 is 0 Å². The number of hydrogen-bond acceptors (Lipinski definition) is 2. The fraction of sp³-hybridized carbons (Fsp3) is 0. The van der Waals surface area contributed by atoms with E-state index in [0.29, 0.717) is 0 Å². The van der Waals surface area contributed by atoms with Gasteiger partial charge in [0, 0.05) is 16.5 Å². The van der Waals surface area contributed by atoms with Crippen molar-refractivity contribution in [3.63, 3.8) is 0 Å². The Labute approximate surface area is 46.4 Å². The molecule has 0 aliphatic carbocycles. The summed E-state index contributed by atoms with van der Waals surface area (Å²) >= 11 is -5.12. The van der Waals surface area contributed by atoms with Gasteiger partial charge in [0.1, 0.15) is 0 Å². The van der Waals surface area contributed by atoms with Crippen LogP contribution in [0.15, 0.2) is 0 Å². The van der Waals surface area contributed by atoms with Gasteiger partial charge in [-0.1, -0.05) is 0 Å². The van der Waals surface area contributed by atoms with Crippen LogP contribution in [0.2, 0.25) is 0 Å². The first-order chi connectivity index (χ1) is 2.00. The fourth-order valence-electron chi connectivity index (χ4n) is 0. The molecule has 2 N–H and O–H groups in total. The third kappa shape index (κ3) is 199. The third-order valence-corrected chi connectivity index (χ3v) is 0. The summed E-state index contributed by atoms with van der Waals surface area (Å²) in [6.45, 7) is 0. The zero-order chi connectivity index (χ0) is 4.50. The standard InChI is InChI=1S/Mn.Ni.2H2O.2O/h;;2*1H2;;/q+2;;;;;/p-2. The molecule has 0 aromatic heterocycles. The van der Waals surface area contributed by atoms with E-state index in [2.05, 4.69) is 0 Å². The molecule has 0 aliphatic heterocycles. The summed E-state index contributed by atoms with van der Waals surface area (Å²) in [6, 6.07) is 0. The molecule has 0 saturated heterocycles. The first kappa shape index (κ1) is 9.73. The first-order valence-corrected chi connectivity index (χ1v) is 2.67. The van der Waals surface area contributed by atoms with Crippen LogP contribution >= 0.6 is 0 Å². The molecule has 0 unspecified atom stereocenters. The maximum absolute atomic E-state index is 8.80. The predicted octanol–water partition coefficient (Wildman–Crippen LogP) is -1.36. The summed E-state index contributed by atoms with van der Waals surface area (Å²) in [5.74, 6) is 0. The van der Waals surface area contributed by atoms with E-state index in [0.717, 1.165) is 0 Å². The van der Waals surface area contributed by atoms with Crippen LogP contribution < -0.4 is 0 Å². The van der Waals surface area contributed by atoms with Gasteiger partial charge in [-0.25, -0.2) is 0 Å². The molecule has 6 heteroatoms. The van der Waals surface area contributed by atoms with E-state index in [9.17, 15) is 0 Å². The second-order valence-corrected chi connectivity index (χ2v) is 1.71. The van der Waals surface area contributed by atoms with Gasteiger partial charge in [0.15, 0.2) is 0 Å². The molecular weight excluding hydrogens is 178 g/mol. The van der Waals surface area contributed by atoms with Gasteiger partial charge in [-0.3, -0.25) is 0 Å². The van der Waals surface area contributed by atoms with Crippen molar-refractivity contribution in [2.45, 2.75) is 0 Å². The van der Waals surface area contributed by atoms with E-state index in [1.807, 2.05) is 0 Å². The van der Waals surface area contributed by atoms with Crippen molar-refractivity contribution in [1.82, 2.24) is 0 Å². The van der Waals surface area contributed by atoms with Gasteiger partial charge >= 0.3 is 29.4 Å². The summed E-state index contributed by atoms with van der Waals surface area (Å²) in [7, 11) is 0. The molecular formula is H2MnNiO4. The monoisotopic (exact) mass is 179 g/mol. The van der Waals surface area contributed by atoms with Crippen LogP contribution in [-0.2, 0) is 37.5 Å². The average Bonchev–Trinajstić information content (AvgIpc) is 0.722. The van der Waals surface area contributed by atoms with Crippen molar-refractivity contribution in [3.05, 3.63) is 0 Å². The van der Waals surface area contributed by atoms with Crippen molar-refractivity contribution in [2.24, 2.45) is 0 Å². The molecule has 6 heavy (non-hydrogen) atoms. The van der Waals surface area contributed by atoms with Gasteiger partial charge < -0.3 is 0 Å². The Kier molecular flexibility index (Phi) is 4.32. The molecule has 0 aromatic rings. The zero-order valence-corrected chi connectivity index (χ0v) is 4.57. The Morgan fingerprint density at radius 3 is 1.17 bits per heavy atom. The Balaban J connectivity index is 0. The fourth-order valence-corrected chi connectivity index (χ4v) is 0. The van der Waals surface area contributed by atoms with Gasteiger partial charge in [0.05, 0.1) is 0 Å². The van der Waals surface area contributed by atoms with Crippen molar-refractivity contribution in [2.75, 3.05) is 0 Å². The Morgan fingerprint density at radius 1 is 1.17 bits per heavy atom. The van der Waals surface area contributed by atoms with Gasteiger partial charge in [0.25, 0.3) is 0 Å². The Morgan fingerprint density at radius 2 is 1.17 bits per heavy atom. The second kappa shape index (κ2) is 2.66. The molecule has 0 rings (SSSR count). The van der Waals surface area contributed by atoms with E-state index in [-0.39, 0.29) is 16.5 Å². The Bertz CT molecular complexity index is 90.7. The van der Waals surface area contributed by atoms with Crippen LogP contribution in [0.3, 0.4) is 0 Å². The summed E-state index contributed by atoms with van der Waals surface area (Å²) in [6.07, 6.45) is 0. The second-order valence-electron chi connectivity index (χ2n) is 0.415. The molecule has 0 fully saturated rings. The quantitative estimate of drug-likeness (QED) is 0.451. The van der Waals surface area contributed by atoms with Crippen molar-refractivity contribution in [1.29, 1.82) is 0 Å². The molecule has 0 aromatic carbocycles. The molecule has 0 aliphatic rings. The van der Waals surface area contributed by atoms with Crippen LogP contribution in [0.1, 0.15) is 0 Å². The molecule has 0 atom stereocenters. The van der Waals surface area contributed by atoms with E-state index in [1.165, 1.54) is 0 Å². The number of hydrogen-bond donors (Lipinski definition) is 2. The van der Waals surface area contributed by atoms with Gasteiger partial charge in [-0.15, -0.1) is 0 Å². The van der Waals surface area contributed by atoms with Crippen LogP contribution in [0.25, 0.3) is 0 Å². The number of rotatable bonds is 0. The molecule has 0 bridgehead atoms. The van der Waals surface area contributed by atoms with E-state index < -0.39 is 13.4 Å². The molecule has 0 amide bonds. The van der Waals surface area contributed by atoms with Gasteiger partial charge in [-0.2, -0.15) is 0 Å². The molecule has 0 radical (unpaired) electrons. The SMILES string of the molecule is [Ni].[O]=[Mn](=[O])([OH])[OH]. The summed E-state index contributed by atoms with van der Waals surface area (Å²) in [5.41, 5.74) is 0. The van der Waals surface area contributed by atoms with Crippen molar-refractivity contribution < 1.29 is 45.9 Å². The Hall–Kier alpha value is 0.533. The molecule has 0 saturated carbocycles. The van der Waals surface area contributed by atoms with E-state index in [4.69, 9.17) is 16.0 Å². The molecule has 0 spiro atoms. The van der Waals surface area contributed by atoms with E-state index >= 15 is 0 Å². The van der Waals surface area contributed by atoms with Crippen LogP contribution in [0.4, 0.5) is 0 Å². The van der Waals surface area contributed by atoms with Crippen molar-refractivity contribution in [3.8, 4) is 0 Å². The van der Waals surface area contributed by atoms with Gasteiger partial charge in [0.2, 0.25) is 0 Å². The molecule has 0 heterocycles. The average molecular weight is 180 g/mol. The summed E-state index contributed by atoms with van der Waals surface area (Å²) in [4.78, 5) is 0. The minimum atomic E-state index is -5.12. The first-order valence-electron chi connectivity index (χ1n) is 0.647. The summed E-state index contributed by atoms with van der Waals surface area (Å²) in [5, 5.41) is 0. The van der Waals surface area contributed by atoms with Gasteiger partial charge in [-0.05, 0) is 0 Å². The third-order valence-electron chi connectivity index (χ3n) is 0. The maximum atomic E-state index is 8.80. The zero-order valence-electron chi connectivity index (χ0n) is 2.41. The summed E-state index contributed by atoms with van der Waals surface area (Å²) < 4.78 is 31.8. The van der Waals surface area contributed by atoms with Crippen LogP contribution in [-0.4, -0.2) is 8.38 Å². The topological polar surface area (TPSA) is 74.6 Å².